The number of primary amides is 2. The summed E-state index contributed by atoms with van der Waals surface area (Å²) < 4.78 is 0. The predicted molar refractivity (Wildman–Crippen MR) is 107 cm³/mol. The molecule has 0 aliphatic heterocycles. The summed E-state index contributed by atoms with van der Waals surface area (Å²) in [7, 11) is 0. The number of ketones is 1. The molecule has 6 nitrogen and oxygen atoms in total. The molecular weight excluding hydrogens is 389 g/mol. The minimum Gasteiger partial charge on any atom is -0.352 e. The van der Waals surface area contributed by atoms with Crippen molar-refractivity contribution in [1.82, 2.24) is 5.32 Å². The summed E-state index contributed by atoms with van der Waals surface area (Å²) in [6.45, 7) is 0. The fraction of sp³-hybridized carbons (Fsp3) is 0.211. The van der Waals surface area contributed by atoms with E-state index in [9.17, 15) is 9.59 Å². The van der Waals surface area contributed by atoms with Crippen LogP contribution in [0.25, 0.3) is 0 Å². The highest BCUT2D eigenvalue weighted by Crippen LogP contribution is 2.20. The molecule has 144 valence electrons. The van der Waals surface area contributed by atoms with Gasteiger partial charge < -0.3 is 16.8 Å². The largest absolute Gasteiger partial charge is 0.352 e. The summed E-state index contributed by atoms with van der Waals surface area (Å²) in [5.41, 5.74) is 9.74. The first kappa shape index (κ1) is 22.5. The first-order valence-electron chi connectivity index (χ1n) is 8.10. The number of hydrogen-bond donors (Lipinski definition) is 3. The van der Waals surface area contributed by atoms with Crippen molar-refractivity contribution in [3.63, 3.8) is 0 Å². The number of carbonyl (C=O) groups excluding carboxylic acids is 3. The third-order valence-electron chi connectivity index (χ3n) is 3.37. The van der Waals surface area contributed by atoms with E-state index in [1.165, 1.54) is 0 Å². The van der Waals surface area contributed by atoms with E-state index in [4.69, 9.17) is 28.0 Å². The Morgan fingerprint density at radius 3 is 2.04 bits per heavy atom. The third kappa shape index (κ3) is 8.57. The van der Waals surface area contributed by atoms with Crippen LogP contribution < -0.4 is 16.8 Å². The van der Waals surface area contributed by atoms with Crippen LogP contribution in [-0.4, -0.2) is 23.6 Å². The molecule has 27 heavy (non-hydrogen) atoms. The van der Waals surface area contributed by atoms with Crippen LogP contribution >= 0.6 is 23.2 Å². The Hall–Kier alpha value is -2.57. The van der Waals surface area contributed by atoms with Crippen molar-refractivity contribution in [2.45, 2.75) is 18.9 Å². The standard InChI is InChI=1S/C18H17Cl2NO2.CH4N2O/c19-12-4-7-16(22)21-17(13-5-2-1-3-6-13)18(23)14-8-10-15(20)11-9-14;2-1(3)4/h1-3,5-6,8-11,17H,4,7,12H2,(H,21,22);(H4,2,3,4). The van der Waals surface area contributed by atoms with Crippen molar-refractivity contribution in [3.8, 4) is 0 Å². The minimum atomic E-state index is -0.833. The zero-order chi connectivity index (χ0) is 20.2. The Labute approximate surface area is 167 Å². The highest BCUT2D eigenvalue weighted by molar-refractivity contribution is 6.30. The molecule has 2 aromatic carbocycles. The lowest BCUT2D eigenvalue weighted by Gasteiger charge is -2.18. The van der Waals surface area contributed by atoms with Crippen molar-refractivity contribution in [1.29, 1.82) is 0 Å². The topological polar surface area (TPSA) is 115 Å². The summed E-state index contributed by atoms with van der Waals surface area (Å²) in [6, 6.07) is 14.3. The first-order chi connectivity index (χ1) is 12.8. The zero-order valence-corrected chi connectivity index (χ0v) is 16.0. The Kier molecular flexibility index (Phi) is 9.93. The molecule has 2 aromatic rings. The average Bonchev–Trinajstić information content (AvgIpc) is 2.65. The van der Waals surface area contributed by atoms with Crippen LogP contribution in [0.3, 0.4) is 0 Å². The molecule has 1 atom stereocenters. The van der Waals surface area contributed by atoms with Crippen molar-refractivity contribution >= 4 is 40.9 Å². The number of halogens is 2. The molecule has 0 fully saturated rings. The van der Waals surface area contributed by atoms with Gasteiger partial charge in [0, 0.05) is 22.9 Å². The number of hydrogen-bond acceptors (Lipinski definition) is 3. The number of Topliss-reactive ketones (excluding diaryl/α,β-unsaturated/α-hetero) is 1. The highest BCUT2D eigenvalue weighted by Gasteiger charge is 2.23. The van der Waals surface area contributed by atoms with Gasteiger partial charge in [-0.25, -0.2) is 4.79 Å². The quantitative estimate of drug-likeness (QED) is 0.480. The Balaban J connectivity index is 0.000000828. The van der Waals surface area contributed by atoms with Gasteiger partial charge in [-0.05, 0) is 36.2 Å². The number of benzene rings is 2. The minimum absolute atomic E-state index is 0.174. The number of rotatable bonds is 7. The number of carbonyl (C=O) groups is 3. The normalized spacial score (nSPS) is 10.9. The summed E-state index contributed by atoms with van der Waals surface area (Å²) >= 11 is 11.5. The lowest BCUT2D eigenvalue weighted by atomic mass is 9.97. The van der Waals surface area contributed by atoms with E-state index in [2.05, 4.69) is 16.8 Å². The van der Waals surface area contributed by atoms with Crippen LogP contribution in [0.4, 0.5) is 4.79 Å². The van der Waals surface area contributed by atoms with Crippen LogP contribution in [0.2, 0.25) is 5.02 Å². The van der Waals surface area contributed by atoms with Gasteiger partial charge in [-0.2, -0.15) is 0 Å². The highest BCUT2D eigenvalue weighted by atomic mass is 35.5. The number of alkyl halides is 1. The second-order valence-corrected chi connectivity index (χ2v) is 6.29. The maximum Gasteiger partial charge on any atom is 0.309 e. The molecule has 3 amide bonds. The molecule has 0 aromatic heterocycles. The monoisotopic (exact) mass is 409 g/mol. The van der Waals surface area contributed by atoms with E-state index >= 15 is 0 Å². The molecule has 0 saturated carbocycles. The summed E-state index contributed by atoms with van der Waals surface area (Å²) in [4.78, 5) is 33.8. The van der Waals surface area contributed by atoms with Gasteiger partial charge in [-0.1, -0.05) is 41.9 Å². The van der Waals surface area contributed by atoms with E-state index in [1.807, 2.05) is 30.3 Å². The van der Waals surface area contributed by atoms with Crippen molar-refractivity contribution in [2.24, 2.45) is 11.5 Å². The van der Waals surface area contributed by atoms with Gasteiger partial charge in [-0.15, -0.1) is 11.6 Å². The third-order valence-corrected chi connectivity index (χ3v) is 3.89. The first-order valence-corrected chi connectivity index (χ1v) is 9.01. The van der Waals surface area contributed by atoms with Crippen molar-refractivity contribution in [3.05, 3.63) is 70.7 Å². The van der Waals surface area contributed by atoms with E-state index in [1.54, 1.807) is 24.3 Å². The summed E-state index contributed by atoms with van der Waals surface area (Å²) in [6.07, 6.45) is 0.866. The zero-order valence-electron chi connectivity index (χ0n) is 14.5. The molecule has 0 aliphatic carbocycles. The molecule has 0 bridgehead atoms. The van der Waals surface area contributed by atoms with Gasteiger partial charge in [0.15, 0.2) is 5.78 Å². The fourth-order valence-electron chi connectivity index (χ4n) is 2.19. The molecule has 1 unspecified atom stereocenters. The van der Waals surface area contributed by atoms with Crippen LogP contribution in [0.1, 0.15) is 34.8 Å². The van der Waals surface area contributed by atoms with Crippen LogP contribution in [0.5, 0.6) is 0 Å². The number of nitrogens with one attached hydrogen (secondary N) is 1. The molecule has 8 heteroatoms. The van der Waals surface area contributed by atoms with Gasteiger partial charge in [0.05, 0.1) is 0 Å². The Bertz CT molecular complexity index is 749. The molecule has 0 radical (unpaired) electrons. The molecule has 5 N–H and O–H groups in total. The average molecular weight is 410 g/mol. The maximum atomic E-state index is 12.8. The van der Waals surface area contributed by atoms with E-state index in [0.29, 0.717) is 29.3 Å². The van der Waals surface area contributed by atoms with Gasteiger partial charge in [0.1, 0.15) is 6.04 Å². The molecule has 0 saturated heterocycles. The summed E-state index contributed by atoms with van der Waals surface area (Å²) in [5.74, 6) is 0.0445. The summed E-state index contributed by atoms with van der Waals surface area (Å²) in [5, 5.41) is 3.36. The smallest absolute Gasteiger partial charge is 0.309 e. The van der Waals surface area contributed by atoms with E-state index in [0.717, 1.165) is 5.56 Å². The fourth-order valence-corrected chi connectivity index (χ4v) is 2.45. The second-order valence-electron chi connectivity index (χ2n) is 5.48. The van der Waals surface area contributed by atoms with Crippen molar-refractivity contribution in [2.75, 3.05) is 5.88 Å². The van der Waals surface area contributed by atoms with Gasteiger partial charge >= 0.3 is 6.03 Å². The number of urea groups is 1. The number of amides is 3. The SMILES string of the molecule is NC(N)=O.O=C(CCCCl)NC(C(=O)c1ccc(Cl)cc1)c1ccccc1. The number of nitrogens with two attached hydrogens (primary N) is 2. The van der Waals surface area contributed by atoms with Gasteiger partial charge in [0.25, 0.3) is 0 Å². The van der Waals surface area contributed by atoms with Crippen LogP contribution in [0, 0.1) is 0 Å². The predicted octanol–water partition coefficient (Wildman–Crippen LogP) is 3.42. The second kappa shape index (κ2) is 11.9. The van der Waals surface area contributed by atoms with Crippen LogP contribution in [-0.2, 0) is 4.79 Å². The lowest BCUT2D eigenvalue weighted by molar-refractivity contribution is -0.121. The molecular formula is C19H21Cl2N3O3. The Morgan fingerprint density at radius 2 is 1.52 bits per heavy atom. The maximum absolute atomic E-state index is 12.8. The van der Waals surface area contributed by atoms with Crippen molar-refractivity contribution < 1.29 is 14.4 Å². The lowest BCUT2D eigenvalue weighted by Crippen LogP contribution is -2.33. The Morgan fingerprint density at radius 1 is 0.963 bits per heavy atom. The van der Waals surface area contributed by atoms with Gasteiger partial charge in [-0.3, -0.25) is 9.59 Å². The van der Waals surface area contributed by atoms with Gasteiger partial charge in [0.2, 0.25) is 5.91 Å². The molecule has 0 heterocycles. The molecule has 0 aliphatic rings. The van der Waals surface area contributed by atoms with E-state index < -0.39 is 12.1 Å². The molecule has 2 rings (SSSR count). The van der Waals surface area contributed by atoms with Crippen LogP contribution in [0.15, 0.2) is 54.6 Å². The molecule has 0 spiro atoms. The van der Waals surface area contributed by atoms with E-state index in [-0.39, 0.29) is 11.7 Å².